The molecule has 0 aliphatic carbocycles. The van der Waals surface area contributed by atoms with E-state index in [4.69, 9.17) is 17.3 Å². The van der Waals surface area contributed by atoms with E-state index in [9.17, 15) is 0 Å². The fraction of sp³-hybridized carbons (Fsp3) is 0.417. The highest BCUT2D eigenvalue weighted by Gasteiger charge is 2.22. The Morgan fingerprint density at radius 3 is 3.12 bits per heavy atom. The second-order valence-electron chi connectivity index (χ2n) is 4.48. The van der Waals surface area contributed by atoms with Gasteiger partial charge in [0.1, 0.15) is 11.6 Å². The van der Waals surface area contributed by atoms with Crippen LogP contribution in [0.25, 0.3) is 5.52 Å². The van der Waals surface area contributed by atoms with Crippen molar-refractivity contribution in [1.29, 1.82) is 0 Å². The van der Waals surface area contributed by atoms with Crippen LogP contribution in [0.1, 0.15) is 24.6 Å². The van der Waals surface area contributed by atoms with Gasteiger partial charge >= 0.3 is 0 Å². The van der Waals surface area contributed by atoms with E-state index >= 15 is 0 Å². The Morgan fingerprint density at radius 2 is 2.35 bits per heavy atom. The molecule has 1 atom stereocenters. The van der Waals surface area contributed by atoms with Gasteiger partial charge in [0.2, 0.25) is 0 Å². The fourth-order valence-electron chi connectivity index (χ4n) is 2.50. The maximum Gasteiger partial charge on any atom is 0.155 e. The number of hydrogen-bond acceptors (Lipinski definition) is 3. The minimum Gasteiger partial charge on any atom is -0.385 e. The molecule has 4 nitrogen and oxygen atoms in total. The molecule has 0 bridgehead atoms. The van der Waals surface area contributed by atoms with Crippen LogP contribution in [0.2, 0.25) is 5.15 Å². The Kier molecular flexibility index (Phi) is 2.68. The molecule has 2 aromatic heterocycles. The van der Waals surface area contributed by atoms with Crippen LogP contribution < -0.4 is 11.1 Å². The molecule has 1 unspecified atom stereocenters. The molecule has 1 aliphatic heterocycles. The molecule has 3 rings (SSSR count). The van der Waals surface area contributed by atoms with Crippen LogP contribution in [0.15, 0.2) is 18.2 Å². The topological polar surface area (TPSA) is 55.3 Å². The number of anilines is 1. The van der Waals surface area contributed by atoms with E-state index < -0.39 is 0 Å². The summed E-state index contributed by atoms with van der Waals surface area (Å²) in [4.78, 5) is 4.48. The molecule has 3 N–H and O–H groups in total. The summed E-state index contributed by atoms with van der Waals surface area (Å²) in [6.07, 6.45) is 2.31. The van der Waals surface area contributed by atoms with Crippen molar-refractivity contribution in [1.82, 2.24) is 14.7 Å². The highest BCUT2D eigenvalue weighted by atomic mass is 35.5. The number of fused-ring (bicyclic) bond motifs is 1. The molecule has 90 valence electrons. The van der Waals surface area contributed by atoms with E-state index in [1.165, 1.54) is 6.42 Å². The van der Waals surface area contributed by atoms with Crippen molar-refractivity contribution in [3.63, 3.8) is 0 Å². The average Bonchev–Trinajstić information content (AvgIpc) is 2.70. The summed E-state index contributed by atoms with van der Waals surface area (Å²) in [5.41, 5.74) is 6.92. The lowest BCUT2D eigenvalue weighted by Crippen LogP contribution is -2.29. The first kappa shape index (κ1) is 10.9. The van der Waals surface area contributed by atoms with Gasteiger partial charge in [0.15, 0.2) is 5.15 Å². The molecule has 2 aromatic rings. The summed E-state index contributed by atoms with van der Waals surface area (Å²) >= 11 is 6.16. The van der Waals surface area contributed by atoms with E-state index in [1.54, 1.807) is 0 Å². The van der Waals surface area contributed by atoms with Crippen molar-refractivity contribution in [3.05, 3.63) is 29.2 Å². The summed E-state index contributed by atoms with van der Waals surface area (Å²) in [7, 11) is 0. The van der Waals surface area contributed by atoms with Crippen molar-refractivity contribution in [2.24, 2.45) is 0 Å². The Hall–Kier alpha value is -1.26. The minimum absolute atomic E-state index is 0.397. The van der Waals surface area contributed by atoms with Gasteiger partial charge in [0.05, 0.1) is 5.52 Å². The molecule has 17 heavy (non-hydrogen) atoms. The van der Waals surface area contributed by atoms with Gasteiger partial charge in [0.25, 0.3) is 0 Å². The van der Waals surface area contributed by atoms with Crippen molar-refractivity contribution in [2.45, 2.75) is 18.8 Å². The third-order valence-electron chi connectivity index (χ3n) is 3.34. The molecule has 0 amide bonds. The molecule has 0 radical (unpaired) electrons. The van der Waals surface area contributed by atoms with Gasteiger partial charge in [-0.05, 0) is 31.5 Å². The molecular weight excluding hydrogens is 236 g/mol. The highest BCUT2D eigenvalue weighted by molar-refractivity contribution is 6.32. The van der Waals surface area contributed by atoms with Crippen molar-refractivity contribution in [3.8, 4) is 0 Å². The number of pyridine rings is 1. The monoisotopic (exact) mass is 250 g/mol. The number of nitrogens with zero attached hydrogens (tertiary/aromatic N) is 2. The van der Waals surface area contributed by atoms with Crippen LogP contribution in [0.4, 0.5) is 5.82 Å². The van der Waals surface area contributed by atoms with Gasteiger partial charge in [-0.1, -0.05) is 17.7 Å². The van der Waals surface area contributed by atoms with E-state index in [0.717, 1.165) is 30.9 Å². The summed E-state index contributed by atoms with van der Waals surface area (Å²) < 4.78 is 1.97. The standard InChI is InChI=1S/C12H15ClN4/c13-11-9-4-1-5-10(14)17(9)12(16-11)8-3-2-6-15-7-8/h1,4-5,8,15H,2-3,6-7,14H2. The number of nitrogens with two attached hydrogens (primary N) is 1. The van der Waals surface area contributed by atoms with Gasteiger partial charge in [-0.15, -0.1) is 0 Å². The number of imidazole rings is 1. The van der Waals surface area contributed by atoms with Gasteiger partial charge in [0, 0.05) is 12.5 Å². The maximum absolute atomic E-state index is 6.16. The molecule has 0 saturated carbocycles. The first-order valence-electron chi connectivity index (χ1n) is 5.90. The van der Waals surface area contributed by atoms with E-state index in [1.807, 2.05) is 22.6 Å². The first-order valence-corrected chi connectivity index (χ1v) is 6.28. The van der Waals surface area contributed by atoms with E-state index in [2.05, 4.69) is 10.3 Å². The first-order chi connectivity index (χ1) is 8.27. The second-order valence-corrected chi connectivity index (χ2v) is 4.83. The third kappa shape index (κ3) is 1.77. The predicted molar refractivity (Wildman–Crippen MR) is 69.5 cm³/mol. The minimum atomic E-state index is 0.397. The molecule has 0 aromatic carbocycles. The summed E-state index contributed by atoms with van der Waals surface area (Å²) in [5.74, 6) is 2.08. The van der Waals surface area contributed by atoms with Crippen molar-refractivity contribution >= 4 is 22.9 Å². The lowest BCUT2D eigenvalue weighted by Gasteiger charge is -2.22. The number of piperidine rings is 1. The Labute approximate surface area is 105 Å². The quantitative estimate of drug-likeness (QED) is 0.814. The summed E-state index contributed by atoms with van der Waals surface area (Å²) in [6, 6.07) is 5.73. The number of halogens is 1. The lowest BCUT2D eigenvalue weighted by molar-refractivity contribution is 0.446. The molecule has 0 spiro atoms. The fourth-order valence-corrected chi connectivity index (χ4v) is 2.73. The van der Waals surface area contributed by atoms with Gasteiger partial charge < -0.3 is 11.1 Å². The van der Waals surface area contributed by atoms with E-state index in [-0.39, 0.29) is 0 Å². The van der Waals surface area contributed by atoms with Crippen LogP contribution >= 0.6 is 11.6 Å². The Morgan fingerprint density at radius 1 is 1.47 bits per heavy atom. The van der Waals surface area contributed by atoms with Crippen LogP contribution in [0.5, 0.6) is 0 Å². The predicted octanol–water partition coefficient (Wildman–Crippen LogP) is 2.04. The zero-order chi connectivity index (χ0) is 11.8. The lowest BCUT2D eigenvalue weighted by atomic mass is 9.99. The van der Waals surface area contributed by atoms with Crippen molar-refractivity contribution < 1.29 is 0 Å². The Bertz CT molecular complexity index is 543. The van der Waals surface area contributed by atoms with E-state index in [0.29, 0.717) is 16.9 Å². The normalized spacial score (nSPS) is 20.9. The van der Waals surface area contributed by atoms with Crippen LogP contribution in [-0.2, 0) is 0 Å². The zero-order valence-corrected chi connectivity index (χ0v) is 10.2. The maximum atomic E-state index is 6.16. The molecule has 1 saturated heterocycles. The zero-order valence-electron chi connectivity index (χ0n) is 9.49. The van der Waals surface area contributed by atoms with Crippen LogP contribution in [0, 0.1) is 0 Å². The molecule has 1 fully saturated rings. The highest BCUT2D eigenvalue weighted by Crippen LogP contribution is 2.29. The Balaban J connectivity index is 2.15. The number of rotatable bonds is 1. The van der Waals surface area contributed by atoms with Crippen LogP contribution in [0.3, 0.4) is 0 Å². The molecule has 1 aliphatic rings. The van der Waals surface area contributed by atoms with Gasteiger partial charge in [-0.25, -0.2) is 4.98 Å². The number of nitrogen functional groups attached to an aromatic ring is 1. The average molecular weight is 251 g/mol. The summed E-state index contributed by atoms with van der Waals surface area (Å²) in [6.45, 7) is 2.03. The number of nitrogens with one attached hydrogen (secondary N) is 1. The largest absolute Gasteiger partial charge is 0.385 e. The second kappa shape index (κ2) is 4.20. The molecule has 3 heterocycles. The van der Waals surface area contributed by atoms with Crippen molar-refractivity contribution in [2.75, 3.05) is 18.8 Å². The summed E-state index contributed by atoms with van der Waals surface area (Å²) in [5, 5.41) is 3.93. The van der Waals surface area contributed by atoms with Gasteiger partial charge in [-0.3, -0.25) is 4.40 Å². The van der Waals surface area contributed by atoms with Crippen LogP contribution in [-0.4, -0.2) is 22.5 Å². The smallest absolute Gasteiger partial charge is 0.155 e. The third-order valence-corrected chi connectivity index (χ3v) is 3.61. The molecular formula is C12H15ClN4. The number of aromatic nitrogens is 2. The van der Waals surface area contributed by atoms with Gasteiger partial charge in [-0.2, -0.15) is 0 Å². The molecule has 5 heteroatoms. The SMILES string of the molecule is Nc1cccc2c(Cl)nc(C3CCCNC3)n12. The number of hydrogen-bond donors (Lipinski definition) is 2.